The van der Waals surface area contributed by atoms with E-state index < -0.39 is 17.4 Å². The van der Waals surface area contributed by atoms with Crippen LogP contribution in [0.1, 0.15) is 10.4 Å². The summed E-state index contributed by atoms with van der Waals surface area (Å²) in [6, 6.07) is 3.54. The lowest BCUT2D eigenvalue weighted by Gasteiger charge is -2.03. The van der Waals surface area contributed by atoms with Crippen LogP contribution in [0.15, 0.2) is 30.9 Å². The van der Waals surface area contributed by atoms with Crippen molar-refractivity contribution >= 4 is 5.78 Å². The number of ketones is 1. The molecule has 4 heteroatoms. The zero-order valence-electron chi connectivity index (χ0n) is 8.09. The minimum atomic E-state index is -1.09. The molecule has 0 aliphatic heterocycles. The maximum Gasteiger partial charge on any atom is 0.179 e. The third-order valence-corrected chi connectivity index (χ3v) is 1.83. The minimum absolute atomic E-state index is 0.0353. The SMILES string of the molecule is C=CCNCC(=O)c1cccc(F)c1F. The molecule has 1 aromatic carbocycles. The average molecular weight is 211 g/mol. The molecule has 0 fully saturated rings. The van der Waals surface area contributed by atoms with Gasteiger partial charge in [0.2, 0.25) is 0 Å². The van der Waals surface area contributed by atoms with Crippen molar-refractivity contribution in [3.05, 3.63) is 48.1 Å². The van der Waals surface area contributed by atoms with E-state index in [2.05, 4.69) is 11.9 Å². The van der Waals surface area contributed by atoms with Crippen LogP contribution in [0.3, 0.4) is 0 Å². The molecule has 1 rings (SSSR count). The Morgan fingerprint density at radius 1 is 1.47 bits per heavy atom. The minimum Gasteiger partial charge on any atom is -0.306 e. The highest BCUT2D eigenvalue weighted by Gasteiger charge is 2.13. The highest BCUT2D eigenvalue weighted by molar-refractivity contribution is 5.97. The van der Waals surface area contributed by atoms with Gasteiger partial charge in [-0.05, 0) is 12.1 Å². The van der Waals surface area contributed by atoms with E-state index in [0.29, 0.717) is 6.54 Å². The Balaban J connectivity index is 2.73. The zero-order valence-corrected chi connectivity index (χ0v) is 8.09. The van der Waals surface area contributed by atoms with E-state index in [9.17, 15) is 13.6 Å². The smallest absolute Gasteiger partial charge is 0.179 e. The molecule has 0 spiro atoms. The van der Waals surface area contributed by atoms with Crippen LogP contribution in [0.25, 0.3) is 0 Å². The van der Waals surface area contributed by atoms with Gasteiger partial charge in [-0.25, -0.2) is 8.78 Å². The van der Waals surface area contributed by atoms with Crippen LogP contribution in [0.2, 0.25) is 0 Å². The predicted octanol–water partition coefficient (Wildman–Crippen LogP) is 1.92. The normalized spacial score (nSPS) is 10.0. The molecule has 0 aliphatic rings. The summed E-state index contributed by atoms with van der Waals surface area (Å²) in [5, 5.41) is 2.72. The third kappa shape index (κ3) is 2.95. The first kappa shape index (κ1) is 11.5. The van der Waals surface area contributed by atoms with E-state index in [-0.39, 0.29) is 12.1 Å². The molecule has 1 aromatic rings. The number of benzene rings is 1. The molecule has 0 atom stereocenters. The van der Waals surface area contributed by atoms with Crippen LogP contribution in [0, 0.1) is 11.6 Å². The lowest BCUT2D eigenvalue weighted by Crippen LogP contribution is -2.23. The molecule has 15 heavy (non-hydrogen) atoms. The van der Waals surface area contributed by atoms with Gasteiger partial charge >= 0.3 is 0 Å². The van der Waals surface area contributed by atoms with Gasteiger partial charge in [-0.1, -0.05) is 12.1 Å². The van der Waals surface area contributed by atoms with Gasteiger partial charge in [0.15, 0.2) is 17.4 Å². The molecule has 0 aromatic heterocycles. The van der Waals surface area contributed by atoms with Crippen LogP contribution in [0.5, 0.6) is 0 Å². The van der Waals surface area contributed by atoms with Gasteiger partial charge in [0, 0.05) is 6.54 Å². The molecule has 80 valence electrons. The van der Waals surface area contributed by atoms with Crippen molar-refractivity contribution in [2.24, 2.45) is 0 Å². The third-order valence-electron chi connectivity index (χ3n) is 1.83. The molecule has 0 saturated carbocycles. The number of nitrogens with one attached hydrogen (secondary N) is 1. The van der Waals surface area contributed by atoms with Crippen molar-refractivity contribution in [1.82, 2.24) is 5.32 Å². The summed E-state index contributed by atoms with van der Waals surface area (Å²) in [7, 11) is 0. The monoisotopic (exact) mass is 211 g/mol. The average Bonchev–Trinajstić information content (AvgIpc) is 2.22. The van der Waals surface area contributed by atoms with Crippen LogP contribution in [-0.4, -0.2) is 18.9 Å². The van der Waals surface area contributed by atoms with E-state index in [1.165, 1.54) is 12.1 Å². The summed E-state index contributed by atoms with van der Waals surface area (Å²) in [5.41, 5.74) is -0.230. The van der Waals surface area contributed by atoms with E-state index in [1.807, 2.05) is 0 Å². The van der Waals surface area contributed by atoms with Gasteiger partial charge in [-0.2, -0.15) is 0 Å². The summed E-state index contributed by atoms with van der Waals surface area (Å²) in [6.45, 7) is 3.87. The zero-order chi connectivity index (χ0) is 11.3. The van der Waals surface area contributed by atoms with E-state index in [4.69, 9.17) is 0 Å². The van der Waals surface area contributed by atoms with E-state index in [1.54, 1.807) is 6.08 Å². The van der Waals surface area contributed by atoms with Crippen LogP contribution in [-0.2, 0) is 0 Å². The lowest BCUT2D eigenvalue weighted by molar-refractivity contribution is 0.0987. The molecule has 0 unspecified atom stereocenters. The molecule has 1 N–H and O–H groups in total. The van der Waals surface area contributed by atoms with Gasteiger partial charge in [0.25, 0.3) is 0 Å². The van der Waals surface area contributed by atoms with Gasteiger partial charge < -0.3 is 5.32 Å². The Labute approximate surface area is 86.6 Å². The second-order valence-corrected chi connectivity index (χ2v) is 2.94. The molecule has 0 amide bonds. The Morgan fingerprint density at radius 2 is 2.20 bits per heavy atom. The Bertz CT molecular complexity index is 377. The lowest BCUT2D eigenvalue weighted by atomic mass is 10.1. The summed E-state index contributed by atoms with van der Waals surface area (Å²) in [4.78, 5) is 11.4. The number of hydrogen-bond acceptors (Lipinski definition) is 2. The first-order chi connectivity index (χ1) is 7.16. The maximum atomic E-state index is 13.1. The van der Waals surface area contributed by atoms with Crippen molar-refractivity contribution < 1.29 is 13.6 Å². The Hall–Kier alpha value is -1.55. The first-order valence-corrected chi connectivity index (χ1v) is 4.45. The van der Waals surface area contributed by atoms with Crippen molar-refractivity contribution in [2.75, 3.05) is 13.1 Å². The quantitative estimate of drug-likeness (QED) is 0.458. The fourth-order valence-corrected chi connectivity index (χ4v) is 1.10. The van der Waals surface area contributed by atoms with E-state index >= 15 is 0 Å². The number of carbonyl (C=O) groups is 1. The first-order valence-electron chi connectivity index (χ1n) is 4.45. The highest BCUT2D eigenvalue weighted by atomic mass is 19.2. The molecule has 2 nitrogen and oxygen atoms in total. The number of carbonyl (C=O) groups excluding carboxylic acids is 1. The van der Waals surface area contributed by atoms with Gasteiger partial charge in [0.1, 0.15) is 0 Å². The van der Waals surface area contributed by atoms with Crippen molar-refractivity contribution in [2.45, 2.75) is 0 Å². The van der Waals surface area contributed by atoms with Crippen LogP contribution < -0.4 is 5.32 Å². The number of rotatable bonds is 5. The number of hydrogen-bond donors (Lipinski definition) is 1. The second-order valence-electron chi connectivity index (χ2n) is 2.94. The molecule has 0 aliphatic carbocycles. The molecular weight excluding hydrogens is 200 g/mol. The molecular formula is C11H11F2NO. The fourth-order valence-electron chi connectivity index (χ4n) is 1.10. The maximum absolute atomic E-state index is 13.1. The van der Waals surface area contributed by atoms with Crippen molar-refractivity contribution in [3.63, 3.8) is 0 Å². The Morgan fingerprint density at radius 3 is 2.87 bits per heavy atom. The van der Waals surface area contributed by atoms with Gasteiger partial charge in [-0.3, -0.25) is 4.79 Å². The van der Waals surface area contributed by atoms with Crippen LogP contribution in [0.4, 0.5) is 8.78 Å². The van der Waals surface area contributed by atoms with Gasteiger partial charge in [-0.15, -0.1) is 6.58 Å². The molecule has 0 bridgehead atoms. The number of halogens is 2. The van der Waals surface area contributed by atoms with E-state index in [0.717, 1.165) is 6.07 Å². The van der Waals surface area contributed by atoms with Crippen LogP contribution >= 0.6 is 0 Å². The summed E-state index contributed by atoms with van der Waals surface area (Å²) >= 11 is 0. The predicted molar refractivity (Wildman–Crippen MR) is 53.8 cm³/mol. The number of Topliss-reactive ketones (excluding diaryl/α,β-unsaturated/α-hetero) is 1. The summed E-state index contributed by atoms with van der Waals surface area (Å²) < 4.78 is 25.9. The largest absolute Gasteiger partial charge is 0.306 e. The topological polar surface area (TPSA) is 29.1 Å². The summed E-state index contributed by atoms with van der Waals surface area (Å²) in [6.07, 6.45) is 1.58. The summed E-state index contributed by atoms with van der Waals surface area (Å²) in [5.74, 6) is -2.58. The van der Waals surface area contributed by atoms with Crippen molar-refractivity contribution in [1.29, 1.82) is 0 Å². The van der Waals surface area contributed by atoms with Crippen molar-refractivity contribution in [3.8, 4) is 0 Å². The standard InChI is InChI=1S/C11H11F2NO/c1-2-6-14-7-10(15)8-4-3-5-9(12)11(8)13/h2-5,14H,1,6-7H2. The second kappa shape index (κ2) is 5.36. The highest BCUT2D eigenvalue weighted by Crippen LogP contribution is 2.11. The molecule has 0 radical (unpaired) electrons. The Kier molecular flexibility index (Phi) is 4.12. The fraction of sp³-hybridized carbons (Fsp3) is 0.182. The van der Waals surface area contributed by atoms with Gasteiger partial charge in [0.05, 0.1) is 12.1 Å². The molecule has 0 heterocycles. The molecule has 0 saturated heterocycles.